The molecule has 1 aromatic rings. The molecule has 7 nitrogen and oxygen atoms in total. The van der Waals surface area contributed by atoms with Crippen LogP contribution in [-0.4, -0.2) is 73.1 Å². The number of halogens is 2. The highest BCUT2D eigenvalue weighted by molar-refractivity contribution is 7.09. The Bertz CT molecular complexity index is 455. The molecule has 1 aromatic heterocycles. The van der Waals surface area contributed by atoms with E-state index in [9.17, 15) is 4.79 Å². The van der Waals surface area contributed by atoms with Crippen LogP contribution in [0.2, 0.25) is 0 Å². The fourth-order valence-electron chi connectivity index (χ4n) is 2.15. The number of rotatable bonds is 7. The van der Waals surface area contributed by atoms with Crippen molar-refractivity contribution in [2.24, 2.45) is 0 Å². The molecule has 0 bridgehead atoms. The lowest BCUT2D eigenvalue weighted by molar-refractivity contribution is -0.130. The monoisotopic (exact) mass is 385 g/mol. The summed E-state index contributed by atoms with van der Waals surface area (Å²) in [6.45, 7) is 6.88. The van der Waals surface area contributed by atoms with Crippen LogP contribution in [0.4, 0.5) is 5.13 Å². The zero-order chi connectivity index (χ0) is 15.1. The van der Waals surface area contributed by atoms with E-state index in [1.807, 2.05) is 4.90 Å². The SMILES string of the molecule is CCc1nsc(N2CCN(C(=O)CNCCOC)CC2)n1.Cl.Cl. The lowest BCUT2D eigenvalue weighted by Crippen LogP contribution is -2.51. The second kappa shape index (κ2) is 11.8. The van der Waals surface area contributed by atoms with E-state index < -0.39 is 0 Å². The normalized spacial score (nSPS) is 14.2. The van der Waals surface area contributed by atoms with E-state index in [4.69, 9.17) is 4.74 Å². The number of amides is 1. The number of carbonyl (C=O) groups excluding carboxylic acids is 1. The first-order valence-corrected chi connectivity index (χ1v) is 8.07. The summed E-state index contributed by atoms with van der Waals surface area (Å²) in [7, 11) is 1.65. The molecule has 2 rings (SSSR count). The van der Waals surface area contributed by atoms with Crippen molar-refractivity contribution >= 4 is 47.4 Å². The molecule has 1 aliphatic rings. The Morgan fingerprint density at radius 1 is 1.30 bits per heavy atom. The molecule has 1 saturated heterocycles. The van der Waals surface area contributed by atoms with Gasteiger partial charge in [-0.15, -0.1) is 24.8 Å². The third-order valence-corrected chi connectivity index (χ3v) is 4.25. The van der Waals surface area contributed by atoms with E-state index in [0.29, 0.717) is 19.7 Å². The summed E-state index contributed by atoms with van der Waals surface area (Å²) in [5.74, 6) is 1.05. The highest BCUT2D eigenvalue weighted by Gasteiger charge is 2.22. The standard InChI is InChI=1S/C13H23N5O2S.2ClH/c1-3-11-15-13(21-16-11)18-7-5-17(6-8-18)12(19)10-14-4-9-20-2;;/h14H,3-10H2,1-2H3;2*1H. The van der Waals surface area contributed by atoms with Crippen molar-refractivity contribution in [2.45, 2.75) is 13.3 Å². The van der Waals surface area contributed by atoms with Gasteiger partial charge < -0.3 is 19.9 Å². The Labute approximate surface area is 153 Å². The van der Waals surface area contributed by atoms with Crippen LogP contribution in [-0.2, 0) is 16.0 Å². The zero-order valence-corrected chi connectivity index (χ0v) is 15.9. The molecule has 0 spiro atoms. The first-order chi connectivity index (χ1) is 10.2. The van der Waals surface area contributed by atoms with Gasteiger partial charge in [0.15, 0.2) is 0 Å². The van der Waals surface area contributed by atoms with Crippen molar-refractivity contribution in [3.8, 4) is 0 Å². The van der Waals surface area contributed by atoms with Gasteiger partial charge in [-0.3, -0.25) is 4.79 Å². The number of nitrogens with zero attached hydrogens (tertiary/aromatic N) is 4. The molecular formula is C13H25Cl2N5O2S. The van der Waals surface area contributed by atoms with Gasteiger partial charge in [0, 0.05) is 57.8 Å². The topological polar surface area (TPSA) is 70.6 Å². The molecule has 2 heterocycles. The second-order valence-corrected chi connectivity index (χ2v) is 5.61. The van der Waals surface area contributed by atoms with Crippen LogP contribution < -0.4 is 10.2 Å². The summed E-state index contributed by atoms with van der Waals surface area (Å²) in [4.78, 5) is 20.6. The number of carbonyl (C=O) groups is 1. The zero-order valence-electron chi connectivity index (χ0n) is 13.5. The fraction of sp³-hybridized carbons (Fsp3) is 0.769. The van der Waals surface area contributed by atoms with Crippen molar-refractivity contribution in [3.63, 3.8) is 0 Å². The van der Waals surface area contributed by atoms with Gasteiger partial charge in [-0.25, -0.2) is 4.98 Å². The largest absolute Gasteiger partial charge is 0.383 e. The number of aryl methyl sites for hydroxylation is 1. The van der Waals surface area contributed by atoms with Gasteiger partial charge in [-0.05, 0) is 0 Å². The van der Waals surface area contributed by atoms with Crippen LogP contribution in [0.1, 0.15) is 12.7 Å². The number of hydrogen-bond donors (Lipinski definition) is 1. The Morgan fingerprint density at radius 2 is 2.00 bits per heavy atom. The maximum atomic E-state index is 12.0. The van der Waals surface area contributed by atoms with Gasteiger partial charge in [-0.1, -0.05) is 6.92 Å². The maximum absolute atomic E-state index is 12.0. The maximum Gasteiger partial charge on any atom is 0.236 e. The van der Waals surface area contributed by atoms with E-state index >= 15 is 0 Å². The minimum absolute atomic E-state index is 0. The van der Waals surface area contributed by atoms with E-state index in [1.54, 1.807) is 7.11 Å². The van der Waals surface area contributed by atoms with Crippen molar-refractivity contribution < 1.29 is 9.53 Å². The number of ether oxygens (including phenoxy) is 1. The van der Waals surface area contributed by atoms with Gasteiger partial charge in [0.25, 0.3) is 0 Å². The van der Waals surface area contributed by atoms with Gasteiger partial charge in [0.2, 0.25) is 11.0 Å². The second-order valence-electron chi connectivity index (χ2n) is 4.88. The predicted molar refractivity (Wildman–Crippen MR) is 97.3 cm³/mol. The summed E-state index contributed by atoms with van der Waals surface area (Å²) in [5.41, 5.74) is 0. The lowest BCUT2D eigenvalue weighted by Gasteiger charge is -2.34. The van der Waals surface area contributed by atoms with Crippen LogP contribution >= 0.6 is 36.3 Å². The number of piperazine rings is 1. The number of nitrogens with one attached hydrogen (secondary N) is 1. The van der Waals surface area contributed by atoms with Crippen LogP contribution in [0.25, 0.3) is 0 Å². The Balaban J connectivity index is 0.00000242. The van der Waals surface area contributed by atoms with Crippen LogP contribution in [0.3, 0.4) is 0 Å². The lowest BCUT2D eigenvalue weighted by atomic mass is 10.3. The Kier molecular flexibility index (Phi) is 11.5. The molecule has 10 heteroatoms. The summed E-state index contributed by atoms with van der Waals surface area (Å²) >= 11 is 1.44. The highest BCUT2D eigenvalue weighted by Crippen LogP contribution is 2.19. The van der Waals surface area contributed by atoms with Crippen LogP contribution in [0.5, 0.6) is 0 Å². The average molecular weight is 386 g/mol. The minimum atomic E-state index is 0. The smallest absolute Gasteiger partial charge is 0.236 e. The first-order valence-electron chi connectivity index (χ1n) is 7.29. The predicted octanol–water partition coefficient (Wildman–Crippen LogP) is 0.829. The van der Waals surface area contributed by atoms with E-state index in [-0.39, 0.29) is 30.7 Å². The van der Waals surface area contributed by atoms with E-state index in [2.05, 4.69) is 26.5 Å². The molecule has 0 aliphatic carbocycles. The average Bonchev–Trinajstić information content (AvgIpc) is 3.00. The van der Waals surface area contributed by atoms with Gasteiger partial charge >= 0.3 is 0 Å². The molecule has 1 fully saturated rings. The number of hydrogen-bond acceptors (Lipinski definition) is 7. The van der Waals surface area contributed by atoms with Crippen LogP contribution in [0, 0.1) is 0 Å². The first kappa shape index (κ1) is 22.3. The van der Waals surface area contributed by atoms with Gasteiger partial charge in [0.1, 0.15) is 5.82 Å². The van der Waals surface area contributed by atoms with E-state index in [1.165, 1.54) is 11.5 Å². The number of methoxy groups -OCH3 is 1. The molecular weight excluding hydrogens is 361 g/mol. The van der Waals surface area contributed by atoms with Crippen molar-refractivity contribution in [1.82, 2.24) is 19.6 Å². The number of aromatic nitrogens is 2. The molecule has 0 saturated carbocycles. The Morgan fingerprint density at radius 3 is 2.57 bits per heavy atom. The summed E-state index contributed by atoms with van der Waals surface area (Å²) < 4.78 is 9.25. The van der Waals surface area contributed by atoms with Crippen molar-refractivity contribution in [2.75, 3.05) is 57.9 Å². The summed E-state index contributed by atoms with van der Waals surface area (Å²) in [6, 6.07) is 0. The van der Waals surface area contributed by atoms with Crippen LogP contribution in [0.15, 0.2) is 0 Å². The molecule has 0 radical (unpaired) electrons. The molecule has 0 unspecified atom stereocenters. The van der Waals surface area contributed by atoms with Gasteiger partial charge in [0.05, 0.1) is 13.2 Å². The summed E-state index contributed by atoms with van der Waals surface area (Å²) in [6.07, 6.45) is 0.863. The molecule has 23 heavy (non-hydrogen) atoms. The molecule has 1 amide bonds. The molecule has 0 atom stereocenters. The van der Waals surface area contributed by atoms with E-state index in [0.717, 1.165) is 43.6 Å². The Hall–Kier alpha value is -0.670. The molecule has 134 valence electrons. The molecule has 0 aromatic carbocycles. The van der Waals surface area contributed by atoms with Crippen molar-refractivity contribution in [3.05, 3.63) is 5.82 Å². The molecule has 1 aliphatic heterocycles. The fourth-order valence-corrected chi connectivity index (χ4v) is 2.95. The third-order valence-electron chi connectivity index (χ3n) is 3.44. The summed E-state index contributed by atoms with van der Waals surface area (Å²) in [5, 5.41) is 4.06. The highest BCUT2D eigenvalue weighted by atomic mass is 35.5. The van der Waals surface area contributed by atoms with Gasteiger partial charge in [-0.2, -0.15) is 4.37 Å². The minimum Gasteiger partial charge on any atom is -0.383 e. The molecule has 1 N–H and O–H groups in total. The quantitative estimate of drug-likeness (QED) is 0.700. The number of anilines is 1. The third kappa shape index (κ3) is 6.76. The van der Waals surface area contributed by atoms with Crippen molar-refractivity contribution in [1.29, 1.82) is 0 Å².